The number of amides is 2. The highest BCUT2D eigenvalue weighted by Crippen LogP contribution is 2.18. The number of rotatable bonds is 4. The zero-order chi connectivity index (χ0) is 15.4. The smallest absolute Gasteiger partial charge is 0.279 e. The van der Waals surface area contributed by atoms with Crippen LogP contribution in [0.25, 0.3) is 0 Å². The Morgan fingerprint density at radius 1 is 1.23 bits per heavy atom. The van der Waals surface area contributed by atoms with E-state index in [0.717, 1.165) is 18.4 Å². The van der Waals surface area contributed by atoms with Gasteiger partial charge in [-0.15, -0.1) is 0 Å². The molecule has 1 saturated carbocycles. The number of hydrogen-bond donors (Lipinski definition) is 3. The van der Waals surface area contributed by atoms with Crippen molar-refractivity contribution < 1.29 is 14.9 Å². The summed E-state index contributed by atoms with van der Waals surface area (Å²) >= 11 is 0. The Balaban J connectivity index is 1.49. The molecule has 0 unspecified atom stereocenters. The van der Waals surface area contributed by atoms with Crippen molar-refractivity contribution in [3.63, 3.8) is 0 Å². The highest BCUT2D eigenvalue weighted by atomic mass is 16.2. The third-order valence-electron chi connectivity index (χ3n) is 4.70. The van der Waals surface area contributed by atoms with Crippen LogP contribution in [0.1, 0.15) is 37.7 Å². The SMILES string of the molecule is O=C(C[C@@H]1[NH2+][C@H]2CCCC[C@@H]2NC1=O)NCc1ccccc1. The van der Waals surface area contributed by atoms with Crippen LogP contribution in [0.2, 0.25) is 0 Å². The standard InChI is InChI=1S/C17H23N3O2/c21-16(18-11-12-6-2-1-3-7-12)10-15-17(22)20-14-9-5-4-8-13(14)19-15/h1-3,6-7,13-15,19H,4-5,8-11H2,(H,18,21)(H,20,22)/p+1/t13-,14-,15-/m0/s1. The lowest BCUT2D eigenvalue weighted by Gasteiger charge is -2.37. The van der Waals surface area contributed by atoms with Gasteiger partial charge in [-0.2, -0.15) is 0 Å². The summed E-state index contributed by atoms with van der Waals surface area (Å²) in [4.78, 5) is 24.2. The first-order chi connectivity index (χ1) is 10.7. The summed E-state index contributed by atoms with van der Waals surface area (Å²) in [7, 11) is 0. The fraction of sp³-hybridized carbons (Fsp3) is 0.529. The number of nitrogens with two attached hydrogens (primary N) is 1. The van der Waals surface area contributed by atoms with Gasteiger partial charge in [0.1, 0.15) is 6.04 Å². The van der Waals surface area contributed by atoms with Crippen molar-refractivity contribution in [2.75, 3.05) is 0 Å². The van der Waals surface area contributed by atoms with Gasteiger partial charge < -0.3 is 16.0 Å². The molecule has 1 aliphatic heterocycles. The maximum atomic E-state index is 12.1. The zero-order valence-electron chi connectivity index (χ0n) is 12.8. The molecule has 1 heterocycles. The van der Waals surface area contributed by atoms with Gasteiger partial charge >= 0.3 is 0 Å². The van der Waals surface area contributed by atoms with Crippen LogP contribution >= 0.6 is 0 Å². The number of benzene rings is 1. The number of hydrogen-bond acceptors (Lipinski definition) is 2. The molecule has 2 amide bonds. The van der Waals surface area contributed by atoms with Gasteiger partial charge in [0.15, 0.2) is 6.04 Å². The van der Waals surface area contributed by atoms with Gasteiger partial charge in [0, 0.05) is 13.0 Å². The fourth-order valence-electron chi connectivity index (χ4n) is 3.47. The molecule has 0 spiro atoms. The quantitative estimate of drug-likeness (QED) is 0.736. The van der Waals surface area contributed by atoms with Crippen LogP contribution in [-0.4, -0.2) is 29.9 Å². The molecule has 22 heavy (non-hydrogen) atoms. The zero-order valence-corrected chi connectivity index (χ0v) is 12.8. The summed E-state index contributed by atoms with van der Waals surface area (Å²) in [5.74, 6) is -0.0486. The number of carbonyl (C=O) groups excluding carboxylic acids is 2. The Kier molecular flexibility index (Phi) is 4.73. The van der Waals surface area contributed by atoms with Gasteiger partial charge in [-0.05, 0) is 18.4 Å². The predicted octanol–water partition coefficient (Wildman–Crippen LogP) is 0.0659. The number of quaternary nitrogens is 1. The van der Waals surface area contributed by atoms with Crippen molar-refractivity contribution in [2.45, 2.75) is 56.8 Å². The van der Waals surface area contributed by atoms with Gasteiger partial charge in [-0.1, -0.05) is 36.8 Å². The van der Waals surface area contributed by atoms with Gasteiger partial charge in [0.2, 0.25) is 5.91 Å². The van der Waals surface area contributed by atoms with Crippen molar-refractivity contribution in [3.8, 4) is 0 Å². The molecule has 4 N–H and O–H groups in total. The lowest BCUT2D eigenvalue weighted by molar-refractivity contribution is -0.718. The number of piperazine rings is 1. The van der Waals surface area contributed by atoms with Crippen LogP contribution in [0.15, 0.2) is 30.3 Å². The summed E-state index contributed by atoms with van der Waals surface area (Å²) in [5, 5.41) is 8.11. The van der Waals surface area contributed by atoms with Crippen molar-refractivity contribution in [3.05, 3.63) is 35.9 Å². The molecule has 2 fully saturated rings. The second-order valence-corrected chi connectivity index (χ2v) is 6.33. The van der Waals surface area contributed by atoms with Gasteiger partial charge in [-0.25, -0.2) is 0 Å². The van der Waals surface area contributed by atoms with E-state index >= 15 is 0 Å². The summed E-state index contributed by atoms with van der Waals surface area (Å²) < 4.78 is 0. The monoisotopic (exact) mass is 302 g/mol. The maximum Gasteiger partial charge on any atom is 0.279 e. The van der Waals surface area contributed by atoms with Gasteiger partial charge in [0.05, 0.1) is 12.5 Å². The molecule has 0 aromatic heterocycles. The predicted molar refractivity (Wildman–Crippen MR) is 82.8 cm³/mol. The van der Waals surface area contributed by atoms with E-state index in [4.69, 9.17) is 0 Å². The molecule has 1 aliphatic carbocycles. The van der Waals surface area contributed by atoms with Crippen molar-refractivity contribution in [1.82, 2.24) is 10.6 Å². The summed E-state index contributed by atoms with van der Waals surface area (Å²) in [5.41, 5.74) is 1.07. The summed E-state index contributed by atoms with van der Waals surface area (Å²) in [6.45, 7) is 0.514. The number of fused-ring (bicyclic) bond motifs is 1. The van der Waals surface area contributed by atoms with Gasteiger partial charge in [-0.3, -0.25) is 9.59 Å². The highest BCUT2D eigenvalue weighted by molar-refractivity contribution is 5.87. The minimum atomic E-state index is -0.282. The lowest BCUT2D eigenvalue weighted by atomic mass is 9.87. The molecule has 1 aromatic carbocycles. The highest BCUT2D eigenvalue weighted by Gasteiger charge is 2.40. The maximum absolute atomic E-state index is 12.1. The second-order valence-electron chi connectivity index (χ2n) is 6.33. The van der Waals surface area contributed by atoms with E-state index in [2.05, 4.69) is 16.0 Å². The minimum Gasteiger partial charge on any atom is -0.352 e. The van der Waals surface area contributed by atoms with Crippen LogP contribution in [0, 0.1) is 0 Å². The Morgan fingerprint density at radius 2 is 2.00 bits per heavy atom. The molecule has 5 nitrogen and oxygen atoms in total. The Hall–Kier alpha value is -1.88. The molecule has 1 aromatic rings. The van der Waals surface area contributed by atoms with Gasteiger partial charge in [0.25, 0.3) is 5.91 Å². The summed E-state index contributed by atoms with van der Waals surface area (Å²) in [6.07, 6.45) is 4.87. The van der Waals surface area contributed by atoms with Crippen LogP contribution < -0.4 is 16.0 Å². The second kappa shape index (κ2) is 6.92. The minimum absolute atomic E-state index is 0.0120. The van der Waals surface area contributed by atoms with E-state index in [9.17, 15) is 9.59 Å². The Bertz CT molecular complexity index is 532. The normalized spacial score (nSPS) is 27.6. The van der Waals surface area contributed by atoms with Crippen LogP contribution in [0.5, 0.6) is 0 Å². The van der Waals surface area contributed by atoms with Crippen molar-refractivity contribution in [1.29, 1.82) is 0 Å². The van der Waals surface area contributed by atoms with E-state index in [1.807, 2.05) is 30.3 Å². The summed E-state index contributed by atoms with van der Waals surface area (Å²) in [6, 6.07) is 10.3. The Morgan fingerprint density at radius 3 is 2.82 bits per heavy atom. The average molecular weight is 302 g/mol. The first-order valence-electron chi connectivity index (χ1n) is 8.18. The Labute approximate surface area is 130 Å². The van der Waals surface area contributed by atoms with E-state index in [1.54, 1.807) is 0 Å². The first kappa shape index (κ1) is 15.0. The van der Waals surface area contributed by atoms with Crippen LogP contribution in [-0.2, 0) is 16.1 Å². The number of nitrogens with one attached hydrogen (secondary N) is 2. The molecule has 0 radical (unpaired) electrons. The van der Waals surface area contributed by atoms with E-state index in [-0.39, 0.29) is 24.3 Å². The van der Waals surface area contributed by atoms with Crippen molar-refractivity contribution >= 4 is 11.8 Å². The molecule has 1 saturated heterocycles. The lowest BCUT2D eigenvalue weighted by Crippen LogP contribution is -3.03. The molecule has 3 atom stereocenters. The molecular weight excluding hydrogens is 278 g/mol. The third-order valence-corrected chi connectivity index (χ3v) is 4.70. The largest absolute Gasteiger partial charge is 0.352 e. The number of carbonyl (C=O) groups is 2. The topological polar surface area (TPSA) is 74.8 Å². The molecular formula is C17H24N3O2+. The first-order valence-corrected chi connectivity index (χ1v) is 8.18. The molecule has 0 bridgehead atoms. The fourth-order valence-corrected chi connectivity index (χ4v) is 3.47. The van der Waals surface area contributed by atoms with E-state index in [0.29, 0.717) is 18.6 Å². The average Bonchev–Trinajstić information content (AvgIpc) is 2.55. The molecule has 118 valence electrons. The molecule has 3 rings (SSSR count). The third kappa shape index (κ3) is 3.65. The van der Waals surface area contributed by atoms with E-state index < -0.39 is 0 Å². The van der Waals surface area contributed by atoms with Crippen LogP contribution in [0.3, 0.4) is 0 Å². The molecule has 5 heteroatoms. The van der Waals surface area contributed by atoms with E-state index in [1.165, 1.54) is 12.8 Å². The van der Waals surface area contributed by atoms with Crippen LogP contribution in [0.4, 0.5) is 0 Å². The molecule has 2 aliphatic rings. The van der Waals surface area contributed by atoms with Crippen molar-refractivity contribution in [2.24, 2.45) is 0 Å².